The third-order valence-corrected chi connectivity index (χ3v) is 7.90. The summed E-state index contributed by atoms with van der Waals surface area (Å²) in [4.78, 5) is 28.8. The van der Waals surface area contributed by atoms with Crippen molar-refractivity contribution < 1.29 is 19.1 Å². The van der Waals surface area contributed by atoms with Crippen LogP contribution in [0.25, 0.3) is 6.08 Å². The summed E-state index contributed by atoms with van der Waals surface area (Å²) in [5, 5.41) is 0. The molecule has 0 fully saturated rings. The Hall–Kier alpha value is -4.64. The molecule has 0 unspecified atom stereocenters. The molecule has 5 heteroatoms. The Morgan fingerprint density at radius 1 is 0.643 bits per heavy atom. The second-order valence-corrected chi connectivity index (χ2v) is 11.9. The molecular weight excluding hydrogens is 522 g/mol. The Morgan fingerprint density at radius 3 is 1.64 bits per heavy atom. The normalized spacial score (nSPS) is 15.0. The van der Waals surface area contributed by atoms with Gasteiger partial charge in [0.25, 0.3) is 0 Å². The first-order chi connectivity index (χ1) is 20.1. The number of allylic oxidation sites excluding steroid dienone is 1. The molecule has 2 aliphatic rings. The van der Waals surface area contributed by atoms with E-state index in [1.54, 1.807) is 30.3 Å². The number of ether oxygens (including phenoxy) is 2. The van der Waals surface area contributed by atoms with E-state index >= 15 is 0 Å². The van der Waals surface area contributed by atoms with E-state index in [0.717, 1.165) is 17.1 Å². The van der Waals surface area contributed by atoms with E-state index in [1.165, 1.54) is 11.1 Å². The fraction of sp³-hybridized carbons (Fsp3) is 0.243. The van der Waals surface area contributed by atoms with Crippen molar-refractivity contribution in [3.8, 4) is 11.5 Å². The Labute approximate surface area is 247 Å². The van der Waals surface area contributed by atoms with Gasteiger partial charge in [-0.2, -0.15) is 0 Å². The quantitative estimate of drug-likeness (QED) is 0.175. The standard InChI is InChI=1S/C37H35NO4/c1-22(2)41-33-21-32(38-30-17-11-9-15-28(30)37(5,6)29-16-10-12-18-31(29)38)34(42-23(3)4)20-24(33)19-27-35(39)25-13-7-8-14-26(25)36(27)40/h7-23H,1-6H3. The van der Waals surface area contributed by atoms with Crippen LogP contribution in [0.2, 0.25) is 0 Å². The molecule has 4 aromatic carbocycles. The van der Waals surface area contributed by atoms with Crippen molar-refractivity contribution in [3.63, 3.8) is 0 Å². The number of hydrogen-bond donors (Lipinski definition) is 0. The summed E-state index contributed by atoms with van der Waals surface area (Å²) < 4.78 is 12.8. The maximum Gasteiger partial charge on any atom is 0.197 e. The lowest BCUT2D eigenvalue weighted by Crippen LogP contribution is -2.30. The zero-order chi connectivity index (χ0) is 29.8. The molecule has 0 amide bonds. The average Bonchev–Trinajstić information content (AvgIpc) is 3.19. The summed E-state index contributed by atoms with van der Waals surface area (Å²) in [7, 11) is 0. The number of carbonyl (C=O) groups is 2. The molecule has 0 aromatic heterocycles. The number of benzene rings is 4. The minimum Gasteiger partial charge on any atom is -0.490 e. The molecule has 4 aromatic rings. The maximum absolute atomic E-state index is 13.3. The molecule has 212 valence electrons. The van der Waals surface area contributed by atoms with Crippen molar-refractivity contribution in [2.24, 2.45) is 0 Å². The predicted molar refractivity (Wildman–Crippen MR) is 168 cm³/mol. The van der Waals surface area contributed by atoms with Crippen molar-refractivity contribution in [1.82, 2.24) is 0 Å². The van der Waals surface area contributed by atoms with Gasteiger partial charge in [-0.1, -0.05) is 74.5 Å². The first-order valence-electron chi connectivity index (χ1n) is 14.5. The first kappa shape index (κ1) is 27.5. The van der Waals surface area contributed by atoms with Crippen molar-refractivity contribution >= 4 is 34.7 Å². The number of fused-ring (bicyclic) bond motifs is 3. The Bertz CT molecular complexity index is 1680. The molecular formula is C37H35NO4. The van der Waals surface area contributed by atoms with Crippen LogP contribution in [0.5, 0.6) is 11.5 Å². The summed E-state index contributed by atoms with van der Waals surface area (Å²) in [5.74, 6) is 0.651. The summed E-state index contributed by atoms with van der Waals surface area (Å²) in [6.07, 6.45) is 1.39. The molecule has 0 atom stereocenters. The maximum atomic E-state index is 13.3. The Kier molecular flexibility index (Phi) is 6.77. The van der Waals surface area contributed by atoms with E-state index in [2.05, 4.69) is 67.3 Å². The van der Waals surface area contributed by atoms with Crippen molar-refractivity contribution in [1.29, 1.82) is 0 Å². The van der Waals surface area contributed by atoms with E-state index in [9.17, 15) is 9.59 Å². The molecule has 1 aliphatic carbocycles. The lowest BCUT2D eigenvalue weighted by Gasteiger charge is -2.42. The van der Waals surface area contributed by atoms with Crippen molar-refractivity contribution in [2.45, 2.75) is 59.2 Å². The number of nitrogens with zero attached hydrogens (tertiary/aromatic N) is 1. The number of Topliss-reactive ketones (excluding diaryl/α,β-unsaturated/α-hetero) is 2. The van der Waals surface area contributed by atoms with Gasteiger partial charge in [0.15, 0.2) is 11.6 Å². The number of para-hydroxylation sites is 2. The van der Waals surface area contributed by atoms with Crippen LogP contribution in [0, 0.1) is 0 Å². The van der Waals surface area contributed by atoms with Crippen LogP contribution < -0.4 is 14.4 Å². The van der Waals surface area contributed by atoms with Gasteiger partial charge in [0.1, 0.15) is 11.5 Å². The van der Waals surface area contributed by atoms with Gasteiger partial charge < -0.3 is 14.4 Å². The zero-order valence-electron chi connectivity index (χ0n) is 24.9. The second-order valence-electron chi connectivity index (χ2n) is 11.9. The van der Waals surface area contributed by atoms with Gasteiger partial charge in [0.2, 0.25) is 0 Å². The van der Waals surface area contributed by atoms with Crippen LogP contribution in [-0.4, -0.2) is 23.8 Å². The van der Waals surface area contributed by atoms with Crippen molar-refractivity contribution in [2.75, 3.05) is 4.90 Å². The molecule has 6 rings (SSSR count). The molecule has 5 nitrogen and oxygen atoms in total. The molecule has 0 saturated heterocycles. The largest absolute Gasteiger partial charge is 0.490 e. The first-order valence-corrected chi connectivity index (χ1v) is 14.5. The average molecular weight is 558 g/mol. The van der Waals surface area contributed by atoms with Crippen LogP contribution >= 0.6 is 0 Å². The van der Waals surface area contributed by atoms with Crippen LogP contribution in [-0.2, 0) is 5.41 Å². The van der Waals surface area contributed by atoms with Gasteiger partial charge in [-0.15, -0.1) is 0 Å². The second kappa shape index (κ2) is 10.3. The fourth-order valence-electron chi connectivity index (χ4n) is 6.04. The SMILES string of the molecule is CC(C)Oc1cc(N2c3ccccc3C(C)(C)c3ccccc32)c(OC(C)C)cc1C=C1C(=O)c2ccccc2C1=O. The van der Waals surface area contributed by atoms with Crippen LogP contribution in [0.1, 0.15) is 78.9 Å². The number of ketones is 2. The fourth-order valence-corrected chi connectivity index (χ4v) is 6.04. The summed E-state index contributed by atoms with van der Waals surface area (Å²) in [6.45, 7) is 12.4. The Balaban J connectivity index is 1.59. The lowest BCUT2D eigenvalue weighted by molar-refractivity contribution is 0.0990. The number of anilines is 3. The smallest absolute Gasteiger partial charge is 0.197 e. The summed E-state index contributed by atoms with van der Waals surface area (Å²) in [5.41, 5.74) is 6.76. The van der Waals surface area contributed by atoms with E-state index < -0.39 is 0 Å². The van der Waals surface area contributed by atoms with Gasteiger partial charge in [0.05, 0.1) is 34.8 Å². The van der Waals surface area contributed by atoms with Gasteiger partial charge in [0, 0.05) is 28.2 Å². The van der Waals surface area contributed by atoms with Gasteiger partial charge in [-0.05, 0) is 63.1 Å². The molecule has 0 radical (unpaired) electrons. The number of rotatable bonds is 6. The monoisotopic (exact) mass is 557 g/mol. The molecule has 0 saturated carbocycles. The third-order valence-electron chi connectivity index (χ3n) is 7.90. The topological polar surface area (TPSA) is 55.8 Å². The van der Waals surface area contributed by atoms with Gasteiger partial charge in [-0.3, -0.25) is 9.59 Å². The van der Waals surface area contributed by atoms with E-state index in [-0.39, 0.29) is 34.8 Å². The van der Waals surface area contributed by atoms with E-state index in [4.69, 9.17) is 9.47 Å². The summed E-state index contributed by atoms with van der Waals surface area (Å²) in [6, 6.07) is 27.7. The van der Waals surface area contributed by atoms with Crippen LogP contribution in [0.4, 0.5) is 17.1 Å². The minimum absolute atomic E-state index is 0.119. The molecule has 0 N–H and O–H groups in total. The Morgan fingerprint density at radius 2 is 1.12 bits per heavy atom. The molecule has 0 spiro atoms. The lowest BCUT2D eigenvalue weighted by atomic mass is 9.73. The van der Waals surface area contributed by atoms with Crippen molar-refractivity contribution in [3.05, 3.63) is 118 Å². The molecule has 1 heterocycles. The van der Waals surface area contributed by atoms with Gasteiger partial charge >= 0.3 is 0 Å². The number of hydrogen-bond acceptors (Lipinski definition) is 5. The molecule has 1 aliphatic heterocycles. The summed E-state index contributed by atoms with van der Waals surface area (Å²) >= 11 is 0. The van der Waals surface area contributed by atoms with Gasteiger partial charge in [-0.25, -0.2) is 0 Å². The number of carbonyl (C=O) groups excluding carboxylic acids is 2. The predicted octanol–water partition coefficient (Wildman–Crippen LogP) is 8.83. The highest BCUT2D eigenvalue weighted by molar-refractivity contribution is 6.41. The van der Waals surface area contributed by atoms with Crippen LogP contribution in [0.3, 0.4) is 0 Å². The van der Waals surface area contributed by atoms with Crippen LogP contribution in [0.15, 0.2) is 90.5 Å². The van der Waals surface area contributed by atoms with E-state index in [1.807, 2.05) is 39.8 Å². The minimum atomic E-state index is -0.275. The highest BCUT2D eigenvalue weighted by Crippen LogP contribution is 2.54. The zero-order valence-corrected chi connectivity index (χ0v) is 24.9. The third kappa shape index (κ3) is 4.50. The molecule has 42 heavy (non-hydrogen) atoms. The van der Waals surface area contributed by atoms with E-state index in [0.29, 0.717) is 28.2 Å². The highest BCUT2D eigenvalue weighted by Gasteiger charge is 2.38. The molecule has 0 bridgehead atoms. The highest BCUT2D eigenvalue weighted by atomic mass is 16.5.